The van der Waals surface area contributed by atoms with E-state index < -0.39 is 17.9 Å². The Labute approximate surface area is 134 Å². The van der Waals surface area contributed by atoms with Gasteiger partial charge >= 0.3 is 0 Å². The van der Waals surface area contributed by atoms with E-state index in [1.807, 2.05) is 0 Å². The molecule has 2 aromatic rings. The maximum Gasteiger partial charge on any atom is 0.261 e. The van der Waals surface area contributed by atoms with Crippen LogP contribution in [0.3, 0.4) is 0 Å². The molecule has 3 rings (SSSR count). The highest BCUT2D eigenvalue weighted by molar-refractivity contribution is 6.11. The number of hydrogen-bond acceptors (Lipinski definition) is 3. The fourth-order valence-corrected chi connectivity index (χ4v) is 2.57. The summed E-state index contributed by atoms with van der Waals surface area (Å²) in [6.07, 6.45) is 3.18. The van der Waals surface area contributed by atoms with Crippen molar-refractivity contribution in [3.63, 3.8) is 0 Å². The molecule has 0 spiro atoms. The van der Waals surface area contributed by atoms with Crippen molar-refractivity contribution in [2.24, 2.45) is 0 Å². The molecular weight excluding hydrogens is 290 g/mol. The highest BCUT2D eigenvalue weighted by atomic mass is 16.2. The van der Waals surface area contributed by atoms with Gasteiger partial charge in [-0.3, -0.25) is 19.3 Å². The zero-order valence-electron chi connectivity index (χ0n) is 12.4. The lowest BCUT2D eigenvalue weighted by molar-refractivity contribution is -0.114. The molecule has 0 saturated heterocycles. The Hall–Kier alpha value is -3.01. The van der Waals surface area contributed by atoms with Gasteiger partial charge in [-0.15, -0.1) is 0 Å². The summed E-state index contributed by atoms with van der Waals surface area (Å²) in [6.45, 7) is 0. The standard InChI is InChI=1S/C19H15NO3/c21-17-12-11-16(13-17)20(18(22)14-7-3-1-4-8-14)19(23)15-9-5-2-6-10-15/h1-12,16H,13H2. The van der Waals surface area contributed by atoms with Gasteiger partial charge in [-0.1, -0.05) is 42.5 Å². The highest BCUT2D eigenvalue weighted by Crippen LogP contribution is 2.20. The Morgan fingerprint density at radius 2 is 1.30 bits per heavy atom. The van der Waals surface area contributed by atoms with Gasteiger partial charge in [0.2, 0.25) is 0 Å². The Balaban J connectivity index is 1.97. The van der Waals surface area contributed by atoms with Crippen LogP contribution in [-0.4, -0.2) is 28.5 Å². The van der Waals surface area contributed by atoms with E-state index in [2.05, 4.69) is 0 Å². The molecule has 2 amide bonds. The number of imide groups is 1. The molecule has 1 unspecified atom stereocenters. The smallest absolute Gasteiger partial charge is 0.261 e. The lowest BCUT2D eigenvalue weighted by atomic mass is 10.1. The Bertz CT molecular complexity index is 714. The minimum Gasteiger partial charge on any atom is -0.295 e. The van der Waals surface area contributed by atoms with E-state index >= 15 is 0 Å². The van der Waals surface area contributed by atoms with Gasteiger partial charge < -0.3 is 0 Å². The number of nitrogens with zero attached hydrogens (tertiary/aromatic N) is 1. The summed E-state index contributed by atoms with van der Waals surface area (Å²) in [5, 5.41) is 0. The second-order valence-corrected chi connectivity index (χ2v) is 5.31. The van der Waals surface area contributed by atoms with Crippen LogP contribution in [0.15, 0.2) is 72.8 Å². The maximum absolute atomic E-state index is 12.8. The summed E-state index contributed by atoms with van der Waals surface area (Å²) in [5.41, 5.74) is 0.842. The van der Waals surface area contributed by atoms with E-state index in [1.165, 1.54) is 11.0 Å². The average Bonchev–Trinajstić information content (AvgIpc) is 3.02. The van der Waals surface area contributed by atoms with Crippen LogP contribution in [0.25, 0.3) is 0 Å². The SMILES string of the molecule is O=C1C=CC(N(C(=O)c2ccccc2)C(=O)c2ccccc2)C1. The van der Waals surface area contributed by atoms with Gasteiger partial charge in [0.25, 0.3) is 11.8 Å². The van der Waals surface area contributed by atoms with Gasteiger partial charge in [0, 0.05) is 17.5 Å². The minimum atomic E-state index is -0.539. The molecule has 0 fully saturated rings. The van der Waals surface area contributed by atoms with Gasteiger partial charge in [-0.2, -0.15) is 0 Å². The lowest BCUT2D eigenvalue weighted by Gasteiger charge is -2.26. The molecule has 4 nitrogen and oxygen atoms in total. The maximum atomic E-state index is 12.8. The quantitative estimate of drug-likeness (QED) is 0.819. The van der Waals surface area contributed by atoms with Crippen LogP contribution < -0.4 is 0 Å². The van der Waals surface area contributed by atoms with Crippen LogP contribution in [0.5, 0.6) is 0 Å². The van der Waals surface area contributed by atoms with Gasteiger partial charge in [0.05, 0.1) is 6.04 Å². The van der Waals surface area contributed by atoms with Crippen molar-refractivity contribution in [1.29, 1.82) is 0 Å². The minimum absolute atomic E-state index is 0.0817. The van der Waals surface area contributed by atoms with Crippen molar-refractivity contribution in [3.8, 4) is 0 Å². The second-order valence-electron chi connectivity index (χ2n) is 5.31. The Morgan fingerprint density at radius 1 is 0.826 bits per heavy atom. The molecule has 0 bridgehead atoms. The summed E-state index contributed by atoms with van der Waals surface area (Å²) < 4.78 is 0. The number of benzene rings is 2. The van der Waals surface area contributed by atoms with Crippen LogP contribution in [-0.2, 0) is 4.79 Å². The second kappa shape index (κ2) is 6.40. The largest absolute Gasteiger partial charge is 0.295 e. The molecule has 0 aromatic heterocycles. The molecule has 23 heavy (non-hydrogen) atoms. The van der Waals surface area contributed by atoms with Crippen molar-refractivity contribution >= 4 is 17.6 Å². The Kier molecular flexibility index (Phi) is 4.15. The van der Waals surface area contributed by atoms with Gasteiger partial charge in [0.1, 0.15) is 0 Å². The van der Waals surface area contributed by atoms with Gasteiger partial charge in [-0.25, -0.2) is 0 Å². The number of rotatable bonds is 3. The first-order valence-corrected chi connectivity index (χ1v) is 7.36. The third-order valence-corrected chi connectivity index (χ3v) is 3.73. The fourth-order valence-electron chi connectivity index (χ4n) is 2.57. The summed E-state index contributed by atoms with van der Waals surface area (Å²) >= 11 is 0. The van der Waals surface area contributed by atoms with Crippen LogP contribution in [0.2, 0.25) is 0 Å². The zero-order valence-corrected chi connectivity index (χ0v) is 12.4. The predicted octanol–water partition coefficient (Wildman–Crippen LogP) is 2.87. The number of carbonyl (C=O) groups is 3. The molecule has 0 N–H and O–H groups in total. The first kappa shape index (κ1) is 14.9. The van der Waals surface area contributed by atoms with Crippen molar-refractivity contribution < 1.29 is 14.4 Å². The molecule has 1 aliphatic carbocycles. The molecule has 0 aliphatic heterocycles. The molecule has 4 heteroatoms. The molecule has 0 heterocycles. The van der Waals surface area contributed by atoms with Crippen molar-refractivity contribution in [1.82, 2.24) is 4.90 Å². The number of ketones is 1. The molecular formula is C19H15NO3. The highest BCUT2D eigenvalue weighted by Gasteiger charge is 2.33. The summed E-state index contributed by atoms with van der Waals surface area (Å²) in [7, 11) is 0. The number of amides is 2. The lowest BCUT2D eigenvalue weighted by Crippen LogP contribution is -2.43. The third kappa shape index (κ3) is 3.11. The van der Waals surface area contributed by atoms with Gasteiger partial charge in [0.15, 0.2) is 5.78 Å². The van der Waals surface area contributed by atoms with Crippen LogP contribution >= 0.6 is 0 Å². The monoisotopic (exact) mass is 305 g/mol. The normalized spacial score (nSPS) is 16.3. The average molecular weight is 305 g/mol. The summed E-state index contributed by atoms with van der Waals surface area (Å²) in [6, 6.07) is 16.7. The number of hydrogen-bond donors (Lipinski definition) is 0. The molecule has 0 radical (unpaired) electrons. The van der Waals surface area contributed by atoms with Crippen LogP contribution in [0.1, 0.15) is 27.1 Å². The van der Waals surface area contributed by atoms with E-state index in [4.69, 9.17) is 0 Å². The van der Waals surface area contributed by atoms with Crippen molar-refractivity contribution in [2.45, 2.75) is 12.5 Å². The summed E-state index contributed by atoms with van der Waals surface area (Å²) in [5.74, 6) is -0.880. The van der Waals surface area contributed by atoms with E-state index in [-0.39, 0.29) is 12.2 Å². The van der Waals surface area contributed by atoms with E-state index in [1.54, 1.807) is 66.7 Å². The van der Waals surface area contributed by atoms with E-state index in [9.17, 15) is 14.4 Å². The Morgan fingerprint density at radius 3 is 1.70 bits per heavy atom. The zero-order chi connectivity index (χ0) is 16.2. The van der Waals surface area contributed by atoms with E-state index in [0.717, 1.165) is 0 Å². The van der Waals surface area contributed by atoms with Gasteiger partial charge in [-0.05, 0) is 30.3 Å². The molecule has 0 saturated carbocycles. The fraction of sp³-hybridized carbons (Fsp3) is 0.105. The first-order chi connectivity index (χ1) is 11.2. The molecule has 2 aromatic carbocycles. The third-order valence-electron chi connectivity index (χ3n) is 3.73. The van der Waals surface area contributed by atoms with Crippen molar-refractivity contribution in [3.05, 3.63) is 83.9 Å². The molecule has 1 atom stereocenters. The topological polar surface area (TPSA) is 54.5 Å². The van der Waals surface area contributed by atoms with Crippen LogP contribution in [0, 0.1) is 0 Å². The summed E-state index contributed by atoms with van der Waals surface area (Å²) in [4.78, 5) is 38.3. The number of allylic oxidation sites excluding steroid dienone is 1. The van der Waals surface area contributed by atoms with E-state index in [0.29, 0.717) is 11.1 Å². The predicted molar refractivity (Wildman–Crippen MR) is 85.9 cm³/mol. The number of carbonyl (C=O) groups excluding carboxylic acids is 3. The molecule has 1 aliphatic rings. The van der Waals surface area contributed by atoms with Crippen LogP contribution in [0.4, 0.5) is 0 Å². The molecule has 114 valence electrons. The first-order valence-electron chi connectivity index (χ1n) is 7.36. The van der Waals surface area contributed by atoms with Crippen molar-refractivity contribution in [2.75, 3.05) is 0 Å².